The third-order valence-corrected chi connectivity index (χ3v) is 6.32. The van der Waals surface area contributed by atoms with E-state index in [4.69, 9.17) is 21.1 Å². The number of halogens is 1. The lowest BCUT2D eigenvalue weighted by Crippen LogP contribution is -2.31. The van der Waals surface area contributed by atoms with Crippen molar-refractivity contribution in [2.75, 3.05) is 19.5 Å². The summed E-state index contributed by atoms with van der Waals surface area (Å²) in [5, 5.41) is 5.54. The smallest absolute Gasteiger partial charge is 0.263 e. The van der Waals surface area contributed by atoms with Crippen LogP contribution in [0.25, 0.3) is 21.3 Å². The van der Waals surface area contributed by atoms with Gasteiger partial charge in [-0.2, -0.15) is 0 Å². The number of thiophene rings is 1. The zero-order chi connectivity index (χ0) is 22.8. The molecule has 0 aliphatic heterocycles. The number of hydrogen-bond donors (Lipinski definition) is 1. The zero-order valence-corrected chi connectivity index (χ0v) is 19.2. The van der Waals surface area contributed by atoms with Gasteiger partial charge in [0.2, 0.25) is 5.91 Å². The molecule has 0 aliphatic carbocycles. The predicted molar refractivity (Wildman–Crippen MR) is 127 cm³/mol. The Morgan fingerprint density at radius 2 is 1.91 bits per heavy atom. The number of amides is 1. The Hall–Kier alpha value is -3.36. The molecule has 0 spiro atoms. The Labute approximate surface area is 193 Å². The minimum absolute atomic E-state index is 0.280. The van der Waals surface area contributed by atoms with E-state index in [2.05, 4.69) is 10.3 Å². The lowest BCUT2D eigenvalue weighted by molar-refractivity contribution is -0.118. The third-order valence-electron chi connectivity index (χ3n) is 5.14. The summed E-state index contributed by atoms with van der Waals surface area (Å²) in [5.74, 6) is 0.871. The Balaban J connectivity index is 1.66. The lowest BCUT2D eigenvalue weighted by atomic mass is 10.1. The van der Waals surface area contributed by atoms with Gasteiger partial charge >= 0.3 is 0 Å². The summed E-state index contributed by atoms with van der Waals surface area (Å²) in [4.78, 5) is 31.2. The minimum atomic E-state index is -0.788. The molecule has 1 unspecified atom stereocenters. The van der Waals surface area contributed by atoms with E-state index in [1.165, 1.54) is 29.3 Å². The van der Waals surface area contributed by atoms with E-state index in [0.717, 1.165) is 16.9 Å². The van der Waals surface area contributed by atoms with Gasteiger partial charge in [0.05, 0.1) is 31.0 Å². The maximum absolute atomic E-state index is 13.3. The number of carbonyl (C=O) groups excluding carboxylic acids is 1. The fourth-order valence-corrected chi connectivity index (χ4v) is 4.49. The standard InChI is InChI=1S/C23H20ClN3O4S/c1-13(21(28)26-15-6-9-19(31-3)18(24)10-15)27-12-25-22-20(23(27)29)17(11-32-22)14-4-7-16(30-2)8-5-14/h4-13H,1-3H3,(H,26,28). The molecule has 0 aliphatic rings. The summed E-state index contributed by atoms with van der Waals surface area (Å²) in [6, 6.07) is 11.6. The average molecular weight is 470 g/mol. The highest BCUT2D eigenvalue weighted by molar-refractivity contribution is 7.17. The van der Waals surface area contributed by atoms with Crippen molar-refractivity contribution in [3.8, 4) is 22.6 Å². The summed E-state index contributed by atoms with van der Waals surface area (Å²) in [5.41, 5.74) is 1.87. The van der Waals surface area contributed by atoms with Gasteiger partial charge in [0, 0.05) is 16.6 Å². The van der Waals surface area contributed by atoms with Crippen molar-refractivity contribution in [1.29, 1.82) is 0 Å². The van der Waals surface area contributed by atoms with E-state index in [-0.39, 0.29) is 11.5 Å². The van der Waals surface area contributed by atoms with Crippen LogP contribution in [0.4, 0.5) is 5.69 Å². The van der Waals surface area contributed by atoms with Crippen molar-refractivity contribution in [3.63, 3.8) is 0 Å². The number of hydrogen-bond acceptors (Lipinski definition) is 6. The molecule has 0 fully saturated rings. The summed E-state index contributed by atoms with van der Waals surface area (Å²) < 4.78 is 11.7. The van der Waals surface area contributed by atoms with Crippen molar-refractivity contribution in [2.45, 2.75) is 13.0 Å². The minimum Gasteiger partial charge on any atom is -0.497 e. The van der Waals surface area contributed by atoms with Gasteiger partial charge < -0.3 is 14.8 Å². The van der Waals surface area contributed by atoms with Crippen LogP contribution in [-0.2, 0) is 4.79 Å². The molecule has 9 heteroatoms. The number of anilines is 1. The molecule has 7 nitrogen and oxygen atoms in total. The number of rotatable bonds is 6. The Morgan fingerprint density at radius 1 is 1.16 bits per heavy atom. The van der Waals surface area contributed by atoms with Crippen LogP contribution in [-0.4, -0.2) is 29.7 Å². The molecule has 2 aromatic carbocycles. The van der Waals surface area contributed by atoms with Crippen LogP contribution in [0.2, 0.25) is 5.02 Å². The number of fused-ring (bicyclic) bond motifs is 1. The largest absolute Gasteiger partial charge is 0.497 e. The molecule has 0 saturated heterocycles. The maximum Gasteiger partial charge on any atom is 0.263 e. The third kappa shape index (κ3) is 4.06. The van der Waals surface area contributed by atoms with Gasteiger partial charge in [-0.25, -0.2) is 4.98 Å². The van der Waals surface area contributed by atoms with Gasteiger partial charge in [-0.05, 0) is 42.8 Å². The number of nitrogens with one attached hydrogen (secondary N) is 1. The second-order valence-electron chi connectivity index (χ2n) is 7.03. The fourth-order valence-electron chi connectivity index (χ4n) is 3.32. The molecule has 4 aromatic rings. The van der Waals surface area contributed by atoms with Gasteiger partial charge in [0.15, 0.2) is 0 Å². The van der Waals surface area contributed by atoms with Crippen LogP contribution in [0, 0.1) is 0 Å². The first-order valence-corrected chi connectivity index (χ1v) is 11.0. The van der Waals surface area contributed by atoms with Crippen molar-refractivity contribution in [2.24, 2.45) is 0 Å². The first kappa shape index (κ1) is 21.9. The van der Waals surface area contributed by atoms with E-state index in [1.807, 2.05) is 29.6 Å². The van der Waals surface area contributed by atoms with Gasteiger partial charge in [0.1, 0.15) is 22.4 Å². The maximum atomic E-state index is 13.3. The lowest BCUT2D eigenvalue weighted by Gasteiger charge is -2.15. The molecule has 1 atom stereocenters. The average Bonchev–Trinajstić information content (AvgIpc) is 3.24. The Kier molecular flexibility index (Phi) is 6.16. The predicted octanol–water partition coefficient (Wildman–Crippen LogP) is 5.00. The molecular weight excluding hydrogens is 450 g/mol. The number of nitrogens with zero attached hydrogens (tertiary/aromatic N) is 2. The van der Waals surface area contributed by atoms with E-state index in [9.17, 15) is 9.59 Å². The van der Waals surface area contributed by atoms with E-state index >= 15 is 0 Å². The van der Waals surface area contributed by atoms with Gasteiger partial charge in [-0.15, -0.1) is 11.3 Å². The molecule has 0 bridgehead atoms. The Morgan fingerprint density at radius 3 is 2.56 bits per heavy atom. The Bertz CT molecular complexity index is 1350. The normalized spacial score (nSPS) is 11.9. The van der Waals surface area contributed by atoms with Crippen LogP contribution in [0.15, 0.2) is 59.0 Å². The van der Waals surface area contributed by atoms with Crippen LogP contribution in [0.1, 0.15) is 13.0 Å². The summed E-state index contributed by atoms with van der Waals surface area (Å²) >= 11 is 7.52. The fraction of sp³-hybridized carbons (Fsp3) is 0.174. The van der Waals surface area contributed by atoms with E-state index in [0.29, 0.717) is 26.7 Å². The summed E-state index contributed by atoms with van der Waals surface area (Å²) in [6.45, 7) is 1.65. The molecule has 32 heavy (non-hydrogen) atoms. The highest BCUT2D eigenvalue weighted by Crippen LogP contribution is 2.32. The zero-order valence-electron chi connectivity index (χ0n) is 17.6. The molecule has 4 rings (SSSR count). The molecule has 1 amide bonds. The van der Waals surface area contributed by atoms with Crippen LogP contribution in [0.5, 0.6) is 11.5 Å². The molecule has 164 valence electrons. The number of carbonyl (C=O) groups is 1. The van der Waals surface area contributed by atoms with Crippen molar-refractivity contribution in [1.82, 2.24) is 9.55 Å². The summed E-state index contributed by atoms with van der Waals surface area (Å²) in [7, 11) is 3.12. The molecule has 0 saturated carbocycles. The van der Waals surface area contributed by atoms with Gasteiger partial charge in [0.25, 0.3) is 5.56 Å². The van der Waals surface area contributed by atoms with Crippen molar-refractivity contribution < 1.29 is 14.3 Å². The highest BCUT2D eigenvalue weighted by Gasteiger charge is 2.21. The second-order valence-corrected chi connectivity index (χ2v) is 8.29. The van der Waals surface area contributed by atoms with Crippen LogP contribution in [0.3, 0.4) is 0 Å². The molecule has 2 heterocycles. The molecular formula is C23H20ClN3O4S. The highest BCUT2D eigenvalue weighted by atomic mass is 35.5. The molecule has 0 radical (unpaired) electrons. The van der Waals surface area contributed by atoms with Crippen LogP contribution >= 0.6 is 22.9 Å². The number of ether oxygens (including phenoxy) is 2. The van der Waals surface area contributed by atoms with Crippen molar-refractivity contribution >= 4 is 44.7 Å². The van der Waals surface area contributed by atoms with Crippen molar-refractivity contribution in [3.05, 3.63) is 69.5 Å². The SMILES string of the molecule is COc1ccc(-c2csc3ncn(C(C)C(=O)Nc4ccc(OC)c(Cl)c4)c(=O)c23)cc1. The van der Waals surface area contributed by atoms with E-state index in [1.54, 1.807) is 32.2 Å². The monoisotopic (exact) mass is 469 g/mol. The second kappa shape index (κ2) is 9.02. The molecule has 2 aromatic heterocycles. The first-order valence-electron chi connectivity index (χ1n) is 9.70. The van der Waals surface area contributed by atoms with E-state index < -0.39 is 6.04 Å². The first-order chi connectivity index (χ1) is 15.4. The number of benzene rings is 2. The quantitative estimate of drug-likeness (QED) is 0.430. The summed E-state index contributed by atoms with van der Waals surface area (Å²) in [6.07, 6.45) is 1.41. The number of aromatic nitrogens is 2. The van der Waals surface area contributed by atoms with Gasteiger partial charge in [-0.1, -0.05) is 23.7 Å². The topological polar surface area (TPSA) is 82.5 Å². The number of methoxy groups -OCH3 is 2. The molecule has 1 N–H and O–H groups in total. The van der Waals surface area contributed by atoms with Gasteiger partial charge in [-0.3, -0.25) is 14.2 Å². The van der Waals surface area contributed by atoms with Crippen LogP contribution < -0.4 is 20.3 Å².